The van der Waals surface area contributed by atoms with Crippen molar-refractivity contribution in [3.63, 3.8) is 0 Å². The highest BCUT2D eigenvalue weighted by molar-refractivity contribution is 9.10. The Bertz CT molecular complexity index is 1370. The number of halogens is 3. The van der Waals surface area contributed by atoms with Crippen molar-refractivity contribution >= 4 is 45.2 Å². The Hall–Kier alpha value is -2.17. The van der Waals surface area contributed by atoms with Gasteiger partial charge in [-0.1, -0.05) is 34.6 Å². The first-order chi connectivity index (χ1) is 19.3. The maximum atomic E-state index is 14.1. The monoisotopic (exact) mass is 656 g/mol. The van der Waals surface area contributed by atoms with Gasteiger partial charge in [0.2, 0.25) is 0 Å². The van der Waals surface area contributed by atoms with Gasteiger partial charge in [-0.25, -0.2) is 19.1 Å². The molecule has 0 spiro atoms. The predicted octanol–water partition coefficient (Wildman–Crippen LogP) is 3.06. The largest absolute Gasteiger partial charge is 0.394 e. The summed E-state index contributed by atoms with van der Waals surface area (Å²) in [5.74, 6) is -0.953. The molecule has 5 atom stereocenters. The van der Waals surface area contributed by atoms with Crippen LogP contribution in [0, 0.1) is 5.82 Å². The fraction of sp³-hybridized carbons (Fsp3) is 0.440. The fourth-order valence-electron chi connectivity index (χ4n) is 4.47. The molecule has 1 amide bonds. The van der Waals surface area contributed by atoms with Gasteiger partial charge in [-0.3, -0.25) is 10.2 Å². The van der Waals surface area contributed by atoms with Gasteiger partial charge in [0.25, 0.3) is 5.91 Å². The summed E-state index contributed by atoms with van der Waals surface area (Å²) in [5.41, 5.74) is 3.08. The lowest BCUT2D eigenvalue weighted by atomic mass is 9.97. The molecule has 40 heavy (non-hydrogen) atoms. The molecule has 11 nitrogen and oxygen atoms in total. The number of hydrazine groups is 1. The minimum atomic E-state index is -1.22. The summed E-state index contributed by atoms with van der Waals surface area (Å²) in [7, 11) is 0. The number of carbonyl (C=O) groups is 1. The fourth-order valence-corrected chi connectivity index (χ4v) is 6.34. The molecule has 2 aromatic heterocycles. The van der Waals surface area contributed by atoms with Crippen LogP contribution in [0.5, 0.6) is 0 Å². The van der Waals surface area contributed by atoms with E-state index in [1.807, 2.05) is 5.01 Å². The maximum absolute atomic E-state index is 14.1. The standard InChI is InChI=1S/C25H27BrClFN6O5S/c1-2-38-23-21(34-11-17(30-32-34)13-4-5-15(27)16(28)8-13)22(36)18(12-35)39-25(23)40-19-9-14(26)10-29-20(19)24(37)31-33-6-3-7-33/h4-5,8-11,18,21-23,25,35-36H,2-3,6-7,12H2,1H3,(H,31,37)/t18-,21+,22+,23-,25-/m1/s1. The van der Waals surface area contributed by atoms with E-state index in [4.69, 9.17) is 21.1 Å². The Morgan fingerprint density at radius 1 is 1.38 bits per heavy atom. The summed E-state index contributed by atoms with van der Waals surface area (Å²) in [6.45, 7) is 3.14. The molecule has 1 aromatic carbocycles. The van der Waals surface area contributed by atoms with Gasteiger partial charge >= 0.3 is 0 Å². The highest BCUT2D eigenvalue weighted by atomic mass is 79.9. The Morgan fingerprint density at radius 2 is 2.17 bits per heavy atom. The lowest BCUT2D eigenvalue weighted by Crippen LogP contribution is -2.56. The van der Waals surface area contributed by atoms with E-state index >= 15 is 0 Å². The Morgan fingerprint density at radius 3 is 2.85 bits per heavy atom. The summed E-state index contributed by atoms with van der Waals surface area (Å²) < 4.78 is 28.4. The number of amides is 1. The SMILES string of the molecule is CCO[C@@H]1[C@@H](n2cc(-c3ccc(Cl)c(F)c3)nn2)[C@@H](O)[C@@H](CO)O[C@@H]1Sc1cc(Br)cnc1C(=O)NN1CCC1. The smallest absolute Gasteiger partial charge is 0.285 e. The van der Waals surface area contributed by atoms with E-state index in [2.05, 4.69) is 36.7 Å². The first kappa shape index (κ1) is 29.3. The number of aromatic nitrogens is 4. The van der Waals surface area contributed by atoms with E-state index < -0.39 is 42.2 Å². The first-order valence-electron chi connectivity index (χ1n) is 12.6. The summed E-state index contributed by atoms with van der Waals surface area (Å²) in [6.07, 6.45) is 1.12. The van der Waals surface area contributed by atoms with Crippen molar-refractivity contribution in [3.05, 3.63) is 57.7 Å². The van der Waals surface area contributed by atoms with E-state index in [1.165, 1.54) is 34.8 Å². The molecule has 4 heterocycles. The lowest BCUT2D eigenvalue weighted by Gasteiger charge is -2.43. The van der Waals surface area contributed by atoms with E-state index in [-0.39, 0.29) is 23.2 Å². The van der Waals surface area contributed by atoms with Crippen LogP contribution in [0.1, 0.15) is 29.9 Å². The number of benzene rings is 1. The maximum Gasteiger partial charge on any atom is 0.285 e. The van der Waals surface area contributed by atoms with Crippen LogP contribution in [0.4, 0.5) is 4.39 Å². The third-order valence-corrected chi connectivity index (χ3v) is 8.53. The van der Waals surface area contributed by atoms with Gasteiger partial charge in [0.15, 0.2) is 0 Å². The number of pyridine rings is 1. The number of hydrogen-bond donors (Lipinski definition) is 3. The molecule has 214 valence electrons. The van der Waals surface area contributed by atoms with E-state index in [0.29, 0.717) is 20.6 Å². The molecule has 2 fully saturated rings. The number of aliphatic hydroxyl groups excluding tert-OH is 2. The minimum absolute atomic E-state index is 0.0157. The first-order valence-corrected chi connectivity index (χ1v) is 14.7. The molecule has 3 N–H and O–H groups in total. The van der Waals surface area contributed by atoms with Crippen molar-refractivity contribution in [2.75, 3.05) is 26.3 Å². The van der Waals surface area contributed by atoms with Gasteiger partial charge in [0, 0.05) is 40.8 Å². The number of carbonyl (C=O) groups excluding carboxylic acids is 1. The summed E-state index contributed by atoms with van der Waals surface area (Å²) >= 11 is 10.4. The zero-order valence-electron chi connectivity index (χ0n) is 21.3. The van der Waals surface area contributed by atoms with Crippen molar-refractivity contribution in [1.82, 2.24) is 30.4 Å². The highest BCUT2D eigenvalue weighted by Gasteiger charge is 2.48. The van der Waals surface area contributed by atoms with Gasteiger partial charge in [0.1, 0.15) is 47.0 Å². The van der Waals surface area contributed by atoms with Crippen LogP contribution in [-0.4, -0.2) is 91.2 Å². The van der Waals surface area contributed by atoms with Crippen molar-refractivity contribution in [2.45, 2.75) is 48.0 Å². The van der Waals surface area contributed by atoms with E-state index in [9.17, 15) is 19.4 Å². The number of nitrogens with zero attached hydrogens (tertiary/aromatic N) is 5. The van der Waals surface area contributed by atoms with Gasteiger partial charge in [0.05, 0.1) is 17.8 Å². The summed E-state index contributed by atoms with van der Waals surface area (Å²) in [6, 6.07) is 5.21. The number of hydrogen-bond acceptors (Lipinski definition) is 10. The Labute approximate surface area is 247 Å². The number of nitrogens with one attached hydrogen (secondary N) is 1. The zero-order chi connectivity index (χ0) is 28.4. The van der Waals surface area contributed by atoms with Crippen LogP contribution in [0.15, 0.2) is 46.0 Å². The molecule has 0 unspecified atom stereocenters. The topological polar surface area (TPSA) is 135 Å². The molecular weight excluding hydrogens is 631 g/mol. The summed E-state index contributed by atoms with van der Waals surface area (Å²) in [5, 5.41) is 31.4. The van der Waals surface area contributed by atoms with Gasteiger partial charge in [-0.05, 0) is 47.5 Å². The average Bonchev–Trinajstić information content (AvgIpc) is 3.39. The van der Waals surface area contributed by atoms with E-state index in [0.717, 1.165) is 19.5 Å². The van der Waals surface area contributed by atoms with Crippen LogP contribution in [0.25, 0.3) is 11.3 Å². The van der Waals surface area contributed by atoms with E-state index in [1.54, 1.807) is 25.3 Å². The summed E-state index contributed by atoms with van der Waals surface area (Å²) in [4.78, 5) is 17.9. The highest BCUT2D eigenvalue weighted by Crippen LogP contribution is 2.41. The minimum Gasteiger partial charge on any atom is -0.394 e. The number of aliphatic hydroxyl groups is 2. The second kappa shape index (κ2) is 12.8. The predicted molar refractivity (Wildman–Crippen MR) is 148 cm³/mol. The lowest BCUT2D eigenvalue weighted by molar-refractivity contribution is -0.191. The Balaban J connectivity index is 1.46. The molecule has 2 aliphatic heterocycles. The second-order valence-corrected chi connectivity index (χ2v) is 11.7. The van der Waals surface area contributed by atoms with Crippen molar-refractivity contribution in [2.24, 2.45) is 0 Å². The molecule has 0 saturated carbocycles. The van der Waals surface area contributed by atoms with Gasteiger partial charge < -0.3 is 19.7 Å². The third-order valence-electron chi connectivity index (χ3n) is 6.61. The molecule has 0 radical (unpaired) electrons. The molecule has 2 saturated heterocycles. The second-order valence-electron chi connectivity index (χ2n) is 9.24. The van der Waals surface area contributed by atoms with Crippen LogP contribution in [0.3, 0.4) is 0 Å². The zero-order valence-corrected chi connectivity index (χ0v) is 24.4. The molecule has 5 rings (SSSR count). The quantitative estimate of drug-likeness (QED) is 0.315. The molecule has 0 aliphatic carbocycles. The molecule has 2 aliphatic rings. The number of ether oxygens (including phenoxy) is 2. The molecule has 15 heteroatoms. The van der Waals surface area contributed by atoms with Crippen LogP contribution >= 0.6 is 39.3 Å². The van der Waals surface area contributed by atoms with Crippen molar-refractivity contribution < 1.29 is 28.9 Å². The van der Waals surface area contributed by atoms with Crippen LogP contribution in [0.2, 0.25) is 5.02 Å². The molecular formula is C25H27BrClFN6O5S. The van der Waals surface area contributed by atoms with Crippen LogP contribution < -0.4 is 5.43 Å². The Kier molecular flexibility index (Phi) is 9.37. The number of thioether (sulfide) groups is 1. The van der Waals surface area contributed by atoms with Crippen molar-refractivity contribution in [3.8, 4) is 11.3 Å². The number of rotatable bonds is 9. The normalized spacial score (nSPS) is 25.0. The molecule has 0 bridgehead atoms. The van der Waals surface area contributed by atoms with Gasteiger partial charge in [-0.2, -0.15) is 0 Å². The van der Waals surface area contributed by atoms with Crippen LogP contribution in [-0.2, 0) is 9.47 Å². The van der Waals surface area contributed by atoms with Crippen molar-refractivity contribution in [1.29, 1.82) is 0 Å². The average molecular weight is 658 g/mol. The van der Waals surface area contributed by atoms with Gasteiger partial charge in [-0.15, -0.1) is 5.10 Å². The third kappa shape index (κ3) is 6.19. The molecule has 3 aromatic rings.